The molecule has 4 heteroatoms. The first-order chi connectivity index (χ1) is 8.85. The van der Waals surface area contributed by atoms with E-state index < -0.39 is 0 Å². The van der Waals surface area contributed by atoms with Crippen LogP contribution in [0.1, 0.15) is 32.0 Å². The summed E-state index contributed by atoms with van der Waals surface area (Å²) >= 11 is 0. The Morgan fingerprint density at radius 2 is 2.00 bits per heavy atom. The van der Waals surface area contributed by atoms with Crippen LogP contribution >= 0.6 is 0 Å². The maximum atomic E-state index is 13.8. The lowest BCUT2D eigenvalue weighted by molar-refractivity contribution is 0.420. The fourth-order valence-electron chi connectivity index (χ4n) is 1.74. The molecule has 1 heterocycles. The fraction of sp³-hybridized carbons (Fsp3) is 0.400. The molecular weight excluding hydrogens is 241 g/mol. The minimum absolute atomic E-state index is 0.0406. The largest absolute Gasteiger partial charge is 0.306 e. The summed E-state index contributed by atoms with van der Waals surface area (Å²) in [5.41, 5.74) is 2.32. The summed E-state index contributed by atoms with van der Waals surface area (Å²) < 4.78 is 15.4. The van der Waals surface area contributed by atoms with Gasteiger partial charge < -0.3 is 5.32 Å². The van der Waals surface area contributed by atoms with Gasteiger partial charge >= 0.3 is 0 Å². The Labute approximate surface area is 113 Å². The van der Waals surface area contributed by atoms with Crippen molar-refractivity contribution in [2.75, 3.05) is 0 Å². The van der Waals surface area contributed by atoms with Gasteiger partial charge in [-0.05, 0) is 51.5 Å². The fourth-order valence-corrected chi connectivity index (χ4v) is 1.74. The van der Waals surface area contributed by atoms with Crippen molar-refractivity contribution in [3.8, 4) is 5.69 Å². The molecule has 0 spiro atoms. The predicted molar refractivity (Wildman–Crippen MR) is 74.9 cm³/mol. The van der Waals surface area contributed by atoms with Crippen LogP contribution in [0, 0.1) is 12.7 Å². The van der Waals surface area contributed by atoms with E-state index in [0.29, 0.717) is 12.2 Å². The van der Waals surface area contributed by atoms with Gasteiger partial charge in [-0.3, -0.25) is 0 Å². The van der Waals surface area contributed by atoms with Crippen LogP contribution in [0.15, 0.2) is 30.5 Å². The summed E-state index contributed by atoms with van der Waals surface area (Å²) in [6, 6.07) is 7.05. The molecule has 0 fully saturated rings. The van der Waals surface area contributed by atoms with Crippen LogP contribution in [-0.4, -0.2) is 15.3 Å². The Kier molecular flexibility index (Phi) is 3.71. The molecule has 0 amide bonds. The van der Waals surface area contributed by atoms with Gasteiger partial charge in [-0.25, -0.2) is 9.07 Å². The molecule has 19 heavy (non-hydrogen) atoms. The lowest BCUT2D eigenvalue weighted by Gasteiger charge is -2.19. The summed E-state index contributed by atoms with van der Waals surface area (Å²) in [4.78, 5) is 0. The number of halogens is 1. The van der Waals surface area contributed by atoms with Crippen molar-refractivity contribution in [3.05, 3.63) is 47.5 Å². The molecule has 0 aliphatic rings. The van der Waals surface area contributed by atoms with E-state index in [-0.39, 0.29) is 11.4 Å². The number of aromatic nitrogens is 2. The van der Waals surface area contributed by atoms with Crippen LogP contribution < -0.4 is 5.32 Å². The van der Waals surface area contributed by atoms with E-state index >= 15 is 0 Å². The van der Waals surface area contributed by atoms with Crippen molar-refractivity contribution < 1.29 is 4.39 Å². The van der Waals surface area contributed by atoms with Crippen LogP contribution in [-0.2, 0) is 6.54 Å². The monoisotopic (exact) mass is 261 g/mol. The third-order valence-corrected chi connectivity index (χ3v) is 2.79. The molecule has 2 rings (SSSR count). The Morgan fingerprint density at radius 1 is 1.26 bits per heavy atom. The van der Waals surface area contributed by atoms with Gasteiger partial charge in [0.15, 0.2) is 0 Å². The highest BCUT2D eigenvalue weighted by Gasteiger charge is 2.11. The van der Waals surface area contributed by atoms with E-state index in [1.807, 2.05) is 19.1 Å². The van der Waals surface area contributed by atoms with E-state index in [0.717, 1.165) is 11.3 Å². The van der Waals surface area contributed by atoms with E-state index in [2.05, 4.69) is 31.2 Å². The van der Waals surface area contributed by atoms with Crippen molar-refractivity contribution >= 4 is 0 Å². The van der Waals surface area contributed by atoms with Gasteiger partial charge in [0.2, 0.25) is 0 Å². The van der Waals surface area contributed by atoms with Gasteiger partial charge in [-0.2, -0.15) is 5.10 Å². The molecule has 1 N–H and O–H groups in total. The maximum Gasteiger partial charge on any atom is 0.149 e. The second-order valence-corrected chi connectivity index (χ2v) is 5.81. The number of aryl methyl sites for hydroxylation is 1. The highest BCUT2D eigenvalue weighted by Crippen LogP contribution is 2.14. The van der Waals surface area contributed by atoms with Crippen molar-refractivity contribution in [2.45, 2.75) is 39.8 Å². The van der Waals surface area contributed by atoms with E-state index in [4.69, 9.17) is 0 Å². The third kappa shape index (κ3) is 3.64. The van der Waals surface area contributed by atoms with Gasteiger partial charge in [-0.15, -0.1) is 0 Å². The second kappa shape index (κ2) is 5.13. The molecule has 0 saturated heterocycles. The number of hydrogen-bond donors (Lipinski definition) is 1. The number of hydrogen-bond acceptors (Lipinski definition) is 2. The Balaban J connectivity index is 2.16. The quantitative estimate of drug-likeness (QED) is 0.919. The molecule has 0 unspecified atom stereocenters. The van der Waals surface area contributed by atoms with Crippen LogP contribution in [0.2, 0.25) is 0 Å². The molecule has 1 aromatic carbocycles. The van der Waals surface area contributed by atoms with Crippen molar-refractivity contribution in [2.24, 2.45) is 0 Å². The van der Waals surface area contributed by atoms with Gasteiger partial charge in [-0.1, -0.05) is 6.07 Å². The minimum atomic E-state index is -0.251. The molecule has 2 aromatic rings. The molecule has 102 valence electrons. The summed E-state index contributed by atoms with van der Waals surface area (Å²) in [5, 5.41) is 7.75. The molecule has 3 nitrogen and oxygen atoms in total. The number of nitrogens with one attached hydrogen (secondary N) is 1. The van der Waals surface area contributed by atoms with Gasteiger partial charge in [0.05, 0.1) is 5.69 Å². The first kappa shape index (κ1) is 13.7. The second-order valence-electron chi connectivity index (χ2n) is 5.81. The highest BCUT2D eigenvalue weighted by atomic mass is 19.1. The molecular formula is C15H20FN3. The smallest absolute Gasteiger partial charge is 0.149 e. The average molecular weight is 261 g/mol. The Morgan fingerprint density at radius 3 is 2.63 bits per heavy atom. The van der Waals surface area contributed by atoms with Gasteiger partial charge in [0.25, 0.3) is 0 Å². The minimum Gasteiger partial charge on any atom is -0.306 e. The zero-order valence-corrected chi connectivity index (χ0v) is 11.9. The van der Waals surface area contributed by atoms with Crippen molar-refractivity contribution in [3.63, 3.8) is 0 Å². The van der Waals surface area contributed by atoms with Crippen LogP contribution in [0.4, 0.5) is 4.39 Å². The first-order valence-corrected chi connectivity index (χ1v) is 6.41. The van der Waals surface area contributed by atoms with Crippen LogP contribution in [0.3, 0.4) is 0 Å². The van der Waals surface area contributed by atoms with Crippen LogP contribution in [0.5, 0.6) is 0 Å². The van der Waals surface area contributed by atoms with Gasteiger partial charge in [0.1, 0.15) is 11.5 Å². The highest BCUT2D eigenvalue weighted by molar-refractivity contribution is 5.35. The van der Waals surface area contributed by atoms with Crippen molar-refractivity contribution in [1.82, 2.24) is 15.1 Å². The lowest BCUT2D eigenvalue weighted by atomic mass is 10.1. The molecule has 0 atom stereocenters. The summed E-state index contributed by atoms with van der Waals surface area (Å²) in [7, 11) is 0. The Bertz CT molecular complexity index is 567. The average Bonchev–Trinajstić information content (AvgIpc) is 2.74. The summed E-state index contributed by atoms with van der Waals surface area (Å²) in [6.07, 6.45) is 1.79. The SMILES string of the molecule is Cc1ccc(-n2ccc(CNC(C)(C)C)n2)c(F)c1. The normalized spacial score (nSPS) is 11.8. The molecule has 0 radical (unpaired) electrons. The number of benzene rings is 1. The summed E-state index contributed by atoms with van der Waals surface area (Å²) in [5.74, 6) is -0.251. The molecule has 0 saturated carbocycles. The molecule has 0 aliphatic heterocycles. The molecule has 0 bridgehead atoms. The number of nitrogens with zero attached hydrogens (tertiary/aromatic N) is 2. The van der Waals surface area contributed by atoms with Gasteiger partial charge in [0, 0.05) is 18.3 Å². The van der Waals surface area contributed by atoms with E-state index in [9.17, 15) is 4.39 Å². The zero-order valence-electron chi connectivity index (χ0n) is 11.9. The summed E-state index contributed by atoms with van der Waals surface area (Å²) in [6.45, 7) is 8.84. The molecule has 1 aromatic heterocycles. The standard InChI is InChI=1S/C15H20FN3/c1-11-5-6-14(13(16)9-11)19-8-7-12(18-19)10-17-15(2,3)4/h5-9,17H,10H2,1-4H3. The lowest BCUT2D eigenvalue weighted by Crippen LogP contribution is -2.35. The maximum absolute atomic E-state index is 13.8. The van der Waals surface area contributed by atoms with E-state index in [1.165, 1.54) is 6.07 Å². The topological polar surface area (TPSA) is 29.9 Å². The van der Waals surface area contributed by atoms with E-state index in [1.54, 1.807) is 16.9 Å². The van der Waals surface area contributed by atoms with Crippen molar-refractivity contribution in [1.29, 1.82) is 0 Å². The Hall–Kier alpha value is -1.68. The third-order valence-electron chi connectivity index (χ3n) is 2.79. The first-order valence-electron chi connectivity index (χ1n) is 6.41. The number of rotatable bonds is 3. The predicted octanol–water partition coefficient (Wildman–Crippen LogP) is 3.21. The molecule has 0 aliphatic carbocycles. The van der Waals surface area contributed by atoms with Crippen LogP contribution in [0.25, 0.3) is 5.69 Å². The zero-order chi connectivity index (χ0) is 14.0.